The Morgan fingerprint density at radius 2 is 1.88 bits per heavy atom. The lowest BCUT2D eigenvalue weighted by Crippen LogP contribution is -1.92. The third kappa shape index (κ3) is 2.04. The number of aryl methyl sites for hydroxylation is 1. The van der Waals surface area contributed by atoms with Gasteiger partial charge in [-0.15, -0.1) is 0 Å². The third-order valence-electron chi connectivity index (χ3n) is 2.73. The van der Waals surface area contributed by atoms with Crippen LogP contribution in [-0.2, 0) is 0 Å². The first-order chi connectivity index (χ1) is 8.13. The lowest BCUT2D eigenvalue weighted by atomic mass is 10.0. The van der Waals surface area contributed by atoms with Gasteiger partial charge in [0.1, 0.15) is 11.5 Å². The summed E-state index contributed by atoms with van der Waals surface area (Å²) in [5.41, 5.74) is 8.91. The van der Waals surface area contributed by atoms with E-state index < -0.39 is 0 Å². The summed E-state index contributed by atoms with van der Waals surface area (Å²) in [6.07, 6.45) is 0. The number of phenols is 1. The molecule has 3 N–H and O–H groups in total. The highest BCUT2D eigenvalue weighted by Gasteiger charge is 2.11. The van der Waals surface area contributed by atoms with Crippen LogP contribution in [0.15, 0.2) is 36.4 Å². The van der Waals surface area contributed by atoms with Crippen molar-refractivity contribution in [3.63, 3.8) is 0 Å². The first-order valence-electron chi connectivity index (χ1n) is 5.36. The average molecular weight is 229 g/mol. The molecule has 0 aromatic heterocycles. The minimum Gasteiger partial charge on any atom is -0.507 e. The Labute approximate surface area is 100 Å². The van der Waals surface area contributed by atoms with Crippen LogP contribution in [0, 0.1) is 6.92 Å². The number of nitrogen functional groups attached to an aromatic ring is 1. The standard InChI is InChI=1S/C14H15NO2/c1-9-4-3-5-11(14(9)17-2)12-8-10(15)6-7-13(12)16/h3-8,16H,15H2,1-2H3. The fourth-order valence-electron chi connectivity index (χ4n) is 1.90. The Balaban J connectivity index is 2.68. The molecule has 3 heteroatoms. The number of nitrogens with two attached hydrogens (primary N) is 1. The van der Waals surface area contributed by atoms with E-state index in [-0.39, 0.29) is 5.75 Å². The van der Waals surface area contributed by atoms with Gasteiger partial charge < -0.3 is 15.6 Å². The smallest absolute Gasteiger partial charge is 0.129 e. The summed E-state index contributed by atoms with van der Waals surface area (Å²) < 4.78 is 5.37. The van der Waals surface area contributed by atoms with Crippen LogP contribution < -0.4 is 10.5 Å². The first kappa shape index (κ1) is 11.3. The molecular formula is C14H15NO2. The van der Waals surface area contributed by atoms with Crippen LogP contribution >= 0.6 is 0 Å². The molecule has 2 aromatic rings. The van der Waals surface area contributed by atoms with Crippen molar-refractivity contribution < 1.29 is 9.84 Å². The summed E-state index contributed by atoms with van der Waals surface area (Å²) in [7, 11) is 1.62. The largest absolute Gasteiger partial charge is 0.507 e. The molecule has 0 amide bonds. The summed E-state index contributed by atoms with van der Waals surface area (Å²) in [6, 6.07) is 10.8. The first-order valence-corrected chi connectivity index (χ1v) is 5.36. The molecule has 0 spiro atoms. The van der Waals surface area contributed by atoms with Crippen LogP contribution in [0.4, 0.5) is 5.69 Å². The molecule has 88 valence electrons. The van der Waals surface area contributed by atoms with Gasteiger partial charge in [-0.1, -0.05) is 18.2 Å². The van der Waals surface area contributed by atoms with Crippen LogP contribution in [0.5, 0.6) is 11.5 Å². The van der Waals surface area contributed by atoms with Crippen LogP contribution in [-0.4, -0.2) is 12.2 Å². The molecule has 0 radical (unpaired) electrons. The van der Waals surface area contributed by atoms with Crippen molar-refractivity contribution >= 4 is 5.69 Å². The van der Waals surface area contributed by atoms with Gasteiger partial charge in [-0.25, -0.2) is 0 Å². The maximum atomic E-state index is 9.89. The molecule has 0 aliphatic carbocycles. The van der Waals surface area contributed by atoms with Gasteiger partial charge in [0, 0.05) is 16.8 Å². The lowest BCUT2D eigenvalue weighted by molar-refractivity contribution is 0.412. The molecule has 3 nitrogen and oxygen atoms in total. The van der Waals surface area contributed by atoms with E-state index in [2.05, 4.69) is 0 Å². The van der Waals surface area contributed by atoms with E-state index in [0.717, 1.165) is 16.9 Å². The monoisotopic (exact) mass is 229 g/mol. The highest BCUT2D eigenvalue weighted by Crippen LogP contribution is 2.38. The molecule has 2 rings (SSSR count). The molecule has 0 aliphatic heterocycles. The van der Waals surface area contributed by atoms with Crippen molar-refractivity contribution in [2.24, 2.45) is 0 Å². The second-order valence-electron chi connectivity index (χ2n) is 3.93. The SMILES string of the molecule is COc1c(C)cccc1-c1cc(N)ccc1O. The van der Waals surface area contributed by atoms with Crippen molar-refractivity contribution in [1.82, 2.24) is 0 Å². The maximum Gasteiger partial charge on any atom is 0.129 e. The lowest BCUT2D eigenvalue weighted by Gasteiger charge is -2.12. The summed E-state index contributed by atoms with van der Waals surface area (Å²) >= 11 is 0. The van der Waals surface area contributed by atoms with E-state index in [1.54, 1.807) is 25.3 Å². The van der Waals surface area contributed by atoms with Crippen molar-refractivity contribution in [2.75, 3.05) is 12.8 Å². The molecule has 0 atom stereocenters. The van der Waals surface area contributed by atoms with E-state index in [9.17, 15) is 5.11 Å². The Kier molecular flexibility index (Phi) is 2.91. The molecule has 0 saturated carbocycles. The number of phenolic OH excluding ortho intramolecular Hbond substituents is 1. The highest BCUT2D eigenvalue weighted by atomic mass is 16.5. The molecule has 0 bridgehead atoms. The number of hydrogen-bond donors (Lipinski definition) is 2. The minimum atomic E-state index is 0.197. The van der Waals surface area contributed by atoms with E-state index in [4.69, 9.17) is 10.5 Å². The summed E-state index contributed by atoms with van der Waals surface area (Å²) in [6.45, 7) is 1.96. The van der Waals surface area contributed by atoms with Crippen LogP contribution in [0.3, 0.4) is 0 Å². The van der Waals surface area contributed by atoms with Crippen molar-refractivity contribution in [1.29, 1.82) is 0 Å². The Hall–Kier alpha value is -2.16. The van der Waals surface area contributed by atoms with Gasteiger partial charge in [-0.05, 0) is 30.7 Å². The average Bonchev–Trinajstić information content (AvgIpc) is 2.32. The van der Waals surface area contributed by atoms with Gasteiger partial charge >= 0.3 is 0 Å². The summed E-state index contributed by atoms with van der Waals surface area (Å²) in [5.74, 6) is 0.955. The van der Waals surface area contributed by atoms with Gasteiger partial charge in [0.2, 0.25) is 0 Å². The van der Waals surface area contributed by atoms with Crippen molar-refractivity contribution in [2.45, 2.75) is 6.92 Å². The summed E-state index contributed by atoms with van der Waals surface area (Å²) in [4.78, 5) is 0. The van der Waals surface area contributed by atoms with Crippen molar-refractivity contribution in [3.8, 4) is 22.6 Å². The fraction of sp³-hybridized carbons (Fsp3) is 0.143. The number of anilines is 1. The Bertz CT molecular complexity index is 550. The number of ether oxygens (including phenoxy) is 1. The molecule has 0 saturated heterocycles. The van der Waals surface area contributed by atoms with Crippen LogP contribution in [0.25, 0.3) is 11.1 Å². The Morgan fingerprint density at radius 1 is 1.12 bits per heavy atom. The van der Waals surface area contributed by atoms with E-state index in [1.807, 2.05) is 25.1 Å². The molecule has 0 fully saturated rings. The number of rotatable bonds is 2. The molecule has 0 heterocycles. The van der Waals surface area contributed by atoms with E-state index >= 15 is 0 Å². The zero-order chi connectivity index (χ0) is 12.4. The quantitative estimate of drug-likeness (QED) is 0.615. The number of aromatic hydroxyl groups is 1. The topological polar surface area (TPSA) is 55.5 Å². The molecular weight excluding hydrogens is 214 g/mol. The zero-order valence-electron chi connectivity index (χ0n) is 9.90. The second kappa shape index (κ2) is 4.37. The van der Waals surface area contributed by atoms with Gasteiger partial charge in [0.05, 0.1) is 7.11 Å². The molecule has 0 aliphatic rings. The van der Waals surface area contributed by atoms with Crippen LogP contribution in [0.1, 0.15) is 5.56 Å². The molecule has 17 heavy (non-hydrogen) atoms. The second-order valence-corrected chi connectivity index (χ2v) is 3.93. The third-order valence-corrected chi connectivity index (χ3v) is 2.73. The number of hydrogen-bond acceptors (Lipinski definition) is 3. The van der Waals surface area contributed by atoms with Crippen LogP contribution in [0.2, 0.25) is 0 Å². The maximum absolute atomic E-state index is 9.89. The highest BCUT2D eigenvalue weighted by molar-refractivity contribution is 5.79. The molecule has 0 unspecified atom stereocenters. The Morgan fingerprint density at radius 3 is 2.59 bits per heavy atom. The van der Waals surface area contributed by atoms with E-state index in [0.29, 0.717) is 11.3 Å². The van der Waals surface area contributed by atoms with Crippen molar-refractivity contribution in [3.05, 3.63) is 42.0 Å². The number of benzene rings is 2. The van der Waals surface area contributed by atoms with E-state index in [1.165, 1.54) is 0 Å². The summed E-state index contributed by atoms with van der Waals surface area (Å²) in [5, 5.41) is 9.89. The normalized spacial score (nSPS) is 10.2. The minimum absolute atomic E-state index is 0.197. The predicted octanol–water partition coefficient (Wildman–Crippen LogP) is 2.96. The zero-order valence-corrected chi connectivity index (χ0v) is 9.90. The number of para-hydroxylation sites is 1. The predicted molar refractivity (Wildman–Crippen MR) is 69.2 cm³/mol. The van der Waals surface area contributed by atoms with Gasteiger partial charge in [0.15, 0.2) is 0 Å². The molecule has 2 aromatic carbocycles. The number of methoxy groups -OCH3 is 1. The van der Waals surface area contributed by atoms with Gasteiger partial charge in [-0.2, -0.15) is 0 Å². The van der Waals surface area contributed by atoms with Gasteiger partial charge in [0.25, 0.3) is 0 Å². The fourth-order valence-corrected chi connectivity index (χ4v) is 1.90. The van der Waals surface area contributed by atoms with Gasteiger partial charge in [-0.3, -0.25) is 0 Å².